The Hall–Kier alpha value is -2.14. The van der Waals surface area contributed by atoms with Crippen molar-refractivity contribution >= 4 is 5.91 Å². The van der Waals surface area contributed by atoms with E-state index in [2.05, 4.69) is 16.9 Å². The van der Waals surface area contributed by atoms with Crippen molar-refractivity contribution in [3.63, 3.8) is 0 Å². The van der Waals surface area contributed by atoms with Crippen LogP contribution in [0.25, 0.3) is 0 Å². The van der Waals surface area contributed by atoms with Gasteiger partial charge in [-0.1, -0.05) is 19.1 Å². The van der Waals surface area contributed by atoms with E-state index >= 15 is 0 Å². The molecular weight excluding hydrogens is 276 g/mol. The molecule has 0 unspecified atom stereocenters. The Labute approximate surface area is 131 Å². The van der Waals surface area contributed by atoms with Gasteiger partial charge < -0.3 is 9.80 Å². The highest BCUT2D eigenvalue weighted by atomic mass is 16.2. The maximum atomic E-state index is 12.5. The van der Waals surface area contributed by atoms with Crippen molar-refractivity contribution < 1.29 is 4.79 Å². The first-order chi connectivity index (χ1) is 10.8. The lowest BCUT2D eigenvalue weighted by molar-refractivity contribution is 0.0643. The number of piperazine rings is 1. The maximum absolute atomic E-state index is 12.5. The molecule has 0 spiro atoms. The SMILES string of the molecule is CCN1CCN(C(=O)c2ccc(Cn3cccn3)cc2)CC1. The summed E-state index contributed by atoms with van der Waals surface area (Å²) < 4.78 is 1.88. The zero-order valence-electron chi connectivity index (χ0n) is 13.0. The lowest BCUT2D eigenvalue weighted by Gasteiger charge is -2.34. The molecule has 0 saturated carbocycles. The number of carbonyl (C=O) groups excluding carboxylic acids is 1. The van der Waals surface area contributed by atoms with Crippen LogP contribution < -0.4 is 0 Å². The van der Waals surface area contributed by atoms with Crippen LogP contribution in [0.15, 0.2) is 42.7 Å². The van der Waals surface area contributed by atoms with E-state index < -0.39 is 0 Å². The van der Waals surface area contributed by atoms with Gasteiger partial charge in [-0.05, 0) is 30.3 Å². The van der Waals surface area contributed by atoms with E-state index in [0.717, 1.165) is 50.4 Å². The summed E-state index contributed by atoms with van der Waals surface area (Å²) in [5.41, 5.74) is 1.92. The average molecular weight is 298 g/mol. The number of benzene rings is 1. The molecule has 1 fully saturated rings. The molecule has 2 heterocycles. The molecule has 5 nitrogen and oxygen atoms in total. The maximum Gasteiger partial charge on any atom is 0.253 e. The summed E-state index contributed by atoms with van der Waals surface area (Å²) in [5.74, 6) is 0.140. The van der Waals surface area contributed by atoms with Gasteiger partial charge in [0, 0.05) is 44.1 Å². The number of hydrogen-bond donors (Lipinski definition) is 0. The van der Waals surface area contributed by atoms with E-state index in [1.807, 2.05) is 46.1 Å². The highest BCUT2D eigenvalue weighted by Gasteiger charge is 2.21. The third kappa shape index (κ3) is 3.36. The normalized spacial score (nSPS) is 16.0. The summed E-state index contributed by atoms with van der Waals surface area (Å²) in [6.45, 7) is 7.54. The number of rotatable bonds is 4. The highest BCUT2D eigenvalue weighted by Crippen LogP contribution is 2.11. The minimum atomic E-state index is 0.140. The zero-order valence-corrected chi connectivity index (χ0v) is 13.0. The summed E-state index contributed by atoms with van der Waals surface area (Å²) in [5, 5.41) is 4.19. The van der Waals surface area contributed by atoms with Crippen LogP contribution in [-0.2, 0) is 6.54 Å². The minimum Gasteiger partial charge on any atom is -0.336 e. The lowest BCUT2D eigenvalue weighted by atomic mass is 10.1. The number of likely N-dealkylation sites (N-methyl/N-ethyl adjacent to an activating group) is 1. The first-order valence-corrected chi connectivity index (χ1v) is 7.84. The van der Waals surface area contributed by atoms with Crippen LogP contribution in [0.4, 0.5) is 0 Å². The Balaban J connectivity index is 1.61. The number of nitrogens with zero attached hydrogens (tertiary/aromatic N) is 4. The fourth-order valence-corrected chi connectivity index (χ4v) is 2.78. The van der Waals surface area contributed by atoms with Crippen LogP contribution in [0, 0.1) is 0 Å². The molecule has 1 amide bonds. The minimum absolute atomic E-state index is 0.140. The van der Waals surface area contributed by atoms with E-state index in [1.54, 1.807) is 6.20 Å². The smallest absolute Gasteiger partial charge is 0.253 e. The van der Waals surface area contributed by atoms with E-state index in [1.165, 1.54) is 0 Å². The van der Waals surface area contributed by atoms with Gasteiger partial charge in [0.05, 0.1) is 6.54 Å². The molecule has 1 aromatic carbocycles. The molecule has 116 valence electrons. The van der Waals surface area contributed by atoms with Gasteiger partial charge in [0.1, 0.15) is 0 Å². The molecular formula is C17H22N4O. The third-order valence-corrected chi connectivity index (χ3v) is 4.21. The molecule has 5 heteroatoms. The van der Waals surface area contributed by atoms with Gasteiger partial charge in [0.2, 0.25) is 0 Å². The molecule has 0 radical (unpaired) electrons. The van der Waals surface area contributed by atoms with Crippen molar-refractivity contribution in [2.24, 2.45) is 0 Å². The fourth-order valence-electron chi connectivity index (χ4n) is 2.78. The molecule has 0 bridgehead atoms. The van der Waals surface area contributed by atoms with Gasteiger partial charge in [-0.15, -0.1) is 0 Å². The molecule has 1 saturated heterocycles. The van der Waals surface area contributed by atoms with E-state index in [-0.39, 0.29) is 5.91 Å². The van der Waals surface area contributed by atoms with Crippen LogP contribution >= 0.6 is 0 Å². The standard InChI is InChI=1S/C17H22N4O/c1-2-19-10-12-20(13-11-19)17(22)16-6-4-15(5-7-16)14-21-9-3-8-18-21/h3-9H,2,10-14H2,1H3. The van der Waals surface area contributed by atoms with Crippen molar-refractivity contribution in [2.45, 2.75) is 13.5 Å². The third-order valence-electron chi connectivity index (χ3n) is 4.21. The topological polar surface area (TPSA) is 41.4 Å². The molecule has 1 aliphatic rings. The summed E-state index contributed by atoms with van der Waals surface area (Å²) >= 11 is 0. The summed E-state index contributed by atoms with van der Waals surface area (Å²) in [6, 6.07) is 9.78. The first-order valence-electron chi connectivity index (χ1n) is 7.84. The number of aromatic nitrogens is 2. The molecule has 0 N–H and O–H groups in total. The Morgan fingerprint density at radius 1 is 1.14 bits per heavy atom. The Kier molecular flexibility index (Phi) is 4.53. The summed E-state index contributed by atoms with van der Waals surface area (Å²) in [6.07, 6.45) is 3.71. The fraction of sp³-hybridized carbons (Fsp3) is 0.412. The predicted octanol–water partition coefficient (Wildman–Crippen LogP) is 1.71. The first kappa shape index (κ1) is 14.8. The van der Waals surface area contributed by atoms with Crippen LogP contribution in [0.2, 0.25) is 0 Å². The van der Waals surface area contributed by atoms with Gasteiger partial charge in [-0.2, -0.15) is 5.10 Å². The van der Waals surface area contributed by atoms with E-state index in [4.69, 9.17) is 0 Å². The molecule has 22 heavy (non-hydrogen) atoms. The quantitative estimate of drug-likeness (QED) is 0.863. The molecule has 2 aromatic rings. The van der Waals surface area contributed by atoms with Crippen LogP contribution in [0.3, 0.4) is 0 Å². The van der Waals surface area contributed by atoms with Gasteiger partial charge in [0.15, 0.2) is 0 Å². The number of hydrogen-bond acceptors (Lipinski definition) is 3. The van der Waals surface area contributed by atoms with Gasteiger partial charge in [-0.25, -0.2) is 0 Å². The zero-order chi connectivity index (χ0) is 15.4. The second kappa shape index (κ2) is 6.75. The van der Waals surface area contributed by atoms with Crippen molar-refractivity contribution in [2.75, 3.05) is 32.7 Å². The molecule has 1 aromatic heterocycles. The van der Waals surface area contributed by atoms with Crippen molar-refractivity contribution in [1.29, 1.82) is 0 Å². The number of amides is 1. The summed E-state index contributed by atoms with van der Waals surface area (Å²) in [7, 11) is 0. The van der Waals surface area contributed by atoms with Crippen LogP contribution in [0.5, 0.6) is 0 Å². The van der Waals surface area contributed by atoms with E-state index in [0.29, 0.717) is 0 Å². The molecule has 1 aliphatic heterocycles. The number of carbonyl (C=O) groups is 1. The van der Waals surface area contributed by atoms with Crippen molar-refractivity contribution in [3.05, 3.63) is 53.9 Å². The predicted molar refractivity (Wildman–Crippen MR) is 85.8 cm³/mol. The second-order valence-electron chi connectivity index (χ2n) is 5.63. The van der Waals surface area contributed by atoms with Crippen LogP contribution in [-0.4, -0.2) is 58.2 Å². The van der Waals surface area contributed by atoms with Gasteiger partial charge in [0.25, 0.3) is 5.91 Å². The lowest BCUT2D eigenvalue weighted by Crippen LogP contribution is -2.48. The molecule has 0 aliphatic carbocycles. The second-order valence-corrected chi connectivity index (χ2v) is 5.63. The summed E-state index contributed by atoms with van der Waals surface area (Å²) in [4.78, 5) is 16.8. The molecule has 0 atom stereocenters. The molecule has 3 rings (SSSR count). The van der Waals surface area contributed by atoms with Crippen LogP contribution in [0.1, 0.15) is 22.8 Å². The Bertz CT molecular complexity index is 598. The van der Waals surface area contributed by atoms with E-state index in [9.17, 15) is 4.79 Å². The van der Waals surface area contributed by atoms with Gasteiger partial charge in [-0.3, -0.25) is 9.48 Å². The highest BCUT2D eigenvalue weighted by molar-refractivity contribution is 5.94. The van der Waals surface area contributed by atoms with Crippen molar-refractivity contribution in [3.8, 4) is 0 Å². The van der Waals surface area contributed by atoms with Gasteiger partial charge >= 0.3 is 0 Å². The average Bonchev–Trinajstić information content (AvgIpc) is 3.08. The Morgan fingerprint density at radius 2 is 1.86 bits per heavy atom. The Morgan fingerprint density at radius 3 is 2.45 bits per heavy atom. The van der Waals surface area contributed by atoms with Crippen molar-refractivity contribution in [1.82, 2.24) is 19.6 Å². The largest absolute Gasteiger partial charge is 0.336 e. The monoisotopic (exact) mass is 298 g/mol.